The van der Waals surface area contributed by atoms with E-state index in [0.29, 0.717) is 17.8 Å². The molecule has 1 N–H and O–H groups in total. The van der Waals surface area contributed by atoms with E-state index in [1.165, 1.54) is 41.0 Å². The number of ether oxygens (including phenoxy) is 2. The monoisotopic (exact) mass is 527 g/mol. The average Bonchev–Trinajstić information content (AvgIpc) is 3.54. The van der Waals surface area contributed by atoms with E-state index in [1.807, 2.05) is 40.5 Å². The molecule has 0 fully saturated rings. The highest BCUT2D eigenvalue weighted by atomic mass is 32.1. The molecular weight excluding hydrogens is 498 g/mol. The van der Waals surface area contributed by atoms with Crippen molar-refractivity contribution in [1.29, 1.82) is 0 Å². The van der Waals surface area contributed by atoms with Gasteiger partial charge in [0, 0.05) is 22.3 Å². The molecule has 2 aromatic carbocycles. The Morgan fingerprint density at radius 2 is 1.79 bits per heavy atom. The molecule has 0 radical (unpaired) electrons. The van der Waals surface area contributed by atoms with E-state index >= 15 is 0 Å². The zero-order valence-corrected chi connectivity index (χ0v) is 22.2. The summed E-state index contributed by atoms with van der Waals surface area (Å²) in [4.78, 5) is 29.5. The number of nitrogens with zero attached hydrogens (tertiary/aromatic N) is 2. The van der Waals surface area contributed by atoms with Crippen molar-refractivity contribution in [3.63, 3.8) is 0 Å². The van der Waals surface area contributed by atoms with Crippen LogP contribution >= 0.6 is 11.3 Å². The minimum absolute atomic E-state index is 0.232. The number of carbonyl (C=O) groups is 2. The molecule has 2 aliphatic rings. The minimum atomic E-state index is -0.445. The van der Waals surface area contributed by atoms with Crippen LogP contribution in [0.2, 0.25) is 0 Å². The van der Waals surface area contributed by atoms with Gasteiger partial charge in [0.05, 0.1) is 38.1 Å². The Labute approximate surface area is 225 Å². The number of benzene rings is 2. The number of carbonyl (C=O) groups excluding carboxylic acids is 2. The normalized spacial score (nSPS) is 16.1. The van der Waals surface area contributed by atoms with Crippen LogP contribution in [-0.4, -0.2) is 35.7 Å². The van der Waals surface area contributed by atoms with E-state index in [1.54, 1.807) is 31.4 Å². The number of aromatic nitrogens is 1. The van der Waals surface area contributed by atoms with E-state index < -0.39 is 5.97 Å². The standard InChI is InChI=1S/C30H29N3O4S/c1-36-22-14-12-19(13-15-22)27-25-10-6-16-32(25)28-24(23-9-3-4-11-26(23)38-28)18-33(27)30(35)31-21-8-5-7-20(17-21)29(34)37-2/h5-8,10,12-17,27H,3-4,9,11,18H2,1-2H3,(H,31,35). The Bertz CT molecular complexity index is 1500. The van der Waals surface area contributed by atoms with Crippen molar-refractivity contribution in [1.82, 2.24) is 9.47 Å². The maximum Gasteiger partial charge on any atom is 0.337 e. The minimum Gasteiger partial charge on any atom is -0.497 e. The van der Waals surface area contributed by atoms with Gasteiger partial charge in [-0.3, -0.25) is 0 Å². The third-order valence-electron chi connectivity index (χ3n) is 7.41. The molecule has 2 aromatic heterocycles. The van der Waals surface area contributed by atoms with Gasteiger partial charge in [-0.05, 0) is 79.3 Å². The molecule has 194 valence electrons. The summed E-state index contributed by atoms with van der Waals surface area (Å²) >= 11 is 1.86. The molecule has 0 bridgehead atoms. The summed E-state index contributed by atoms with van der Waals surface area (Å²) < 4.78 is 12.5. The molecule has 1 aliphatic heterocycles. The maximum atomic E-state index is 14.1. The summed E-state index contributed by atoms with van der Waals surface area (Å²) in [7, 11) is 2.99. The Morgan fingerprint density at radius 3 is 2.58 bits per heavy atom. The van der Waals surface area contributed by atoms with Crippen LogP contribution in [0.15, 0.2) is 66.9 Å². The third-order valence-corrected chi connectivity index (χ3v) is 8.74. The SMILES string of the molecule is COC(=O)c1cccc(NC(=O)N2Cc3c(sc4c3CCCC4)-n3cccc3C2c2ccc(OC)cc2)c1. The molecule has 8 heteroatoms. The van der Waals surface area contributed by atoms with Crippen LogP contribution in [0.25, 0.3) is 5.00 Å². The molecule has 2 amide bonds. The first-order valence-electron chi connectivity index (χ1n) is 12.8. The van der Waals surface area contributed by atoms with Crippen molar-refractivity contribution in [2.75, 3.05) is 19.5 Å². The molecule has 38 heavy (non-hydrogen) atoms. The summed E-state index contributed by atoms with van der Waals surface area (Å²) in [6.45, 7) is 0.488. The Balaban J connectivity index is 1.45. The lowest BCUT2D eigenvalue weighted by molar-refractivity contribution is 0.0600. The van der Waals surface area contributed by atoms with Gasteiger partial charge in [0.15, 0.2) is 0 Å². The van der Waals surface area contributed by atoms with Crippen LogP contribution in [0.5, 0.6) is 5.75 Å². The largest absolute Gasteiger partial charge is 0.497 e. The summed E-state index contributed by atoms with van der Waals surface area (Å²) in [5, 5.41) is 4.26. The lowest BCUT2D eigenvalue weighted by Gasteiger charge is -2.31. The fraction of sp³-hybridized carbons (Fsp3) is 0.267. The number of fused-ring (bicyclic) bond motifs is 5. The molecular formula is C30H29N3O4S. The van der Waals surface area contributed by atoms with Crippen LogP contribution in [0.3, 0.4) is 0 Å². The number of amides is 2. The van der Waals surface area contributed by atoms with Crippen molar-refractivity contribution in [3.05, 3.63) is 99.7 Å². The van der Waals surface area contributed by atoms with Crippen molar-refractivity contribution >= 4 is 29.0 Å². The van der Waals surface area contributed by atoms with E-state index in [-0.39, 0.29) is 12.1 Å². The second-order valence-electron chi connectivity index (χ2n) is 9.60. The first kappa shape index (κ1) is 24.3. The number of thiophene rings is 1. The summed E-state index contributed by atoms with van der Waals surface area (Å²) in [6, 6.07) is 18.3. The molecule has 0 saturated carbocycles. The molecule has 0 saturated heterocycles. The molecule has 1 unspecified atom stereocenters. The molecule has 1 atom stereocenters. The highest BCUT2D eigenvalue weighted by Gasteiger charge is 2.36. The number of esters is 1. The second kappa shape index (κ2) is 10.0. The molecule has 0 spiro atoms. The smallest absolute Gasteiger partial charge is 0.337 e. The topological polar surface area (TPSA) is 72.8 Å². The van der Waals surface area contributed by atoms with Gasteiger partial charge in [0.2, 0.25) is 0 Å². The van der Waals surface area contributed by atoms with Gasteiger partial charge in [-0.25, -0.2) is 9.59 Å². The van der Waals surface area contributed by atoms with Crippen LogP contribution < -0.4 is 10.1 Å². The molecule has 6 rings (SSSR count). The van der Waals surface area contributed by atoms with Crippen molar-refractivity contribution < 1.29 is 19.1 Å². The first-order valence-corrected chi connectivity index (χ1v) is 13.6. The van der Waals surface area contributed by atoms with Gasteiger partial charge in [-0.1, -0.05) is 18.2 Å². The van der Waals surface area contributed by atoms with E-state index in [2.05, 4.69) is 28.2 Å². The molecule has 7 nitrogen and oxygen atoms in total. The number of nitrogens with one attached hydrogen (secondary N) is 1. The van der Waals surface area contributed by atoms with E-state index in [9.17, 15) is 9.59 Å². The third kappa shape index (κ3) is 4.24. The van der Waals surface area contributed by atoms with E-state index in [4.69, 9.17) is 9.47 Å². The van der Waals surface area contributed by atoms with Gasteiger partial charge >= 0.3 is 12.0 Å². The number of urea groups is 1. The van der Waals surface area contributed by atoms with Gasteiger partial charge in [-0.2, -0.15) is 0 Å². The summed E-state index contributed by atoms with van der Waals surface area (Å²) in [6.07, 6.45) is 6.62. The fourth-order valence-electron chi connectivity index (χ4n) is 5.56. The van der Waals surface area contributed by atoms with Gasteiger partial charge < -0.3 is 24.3 Å². The number of hydrogen-bond donors (Lipinski definition) is 1. The molecule has 4 aromatic rings. The quantitative estimate of drug-likeness (QED) is 0.314. The lowest BCUT2D eigenvalue weighted by Crippen LogP contribution is -2.38. The lowest BCUT2D eigenvalue weighted by atomic mass is 9.95. The van der Waals surface area contributed by atoms with Crippen LogP contribution in [-0.2, 0) is 24.1 Å². The van der Waals surface area contributed by atoms with Crippen molar-refractivity contribution in [3.8, 4) is 10.8 Å². The highest BCUT2D eigenvalue weighted by molar-refractivity contribution is 7.15. The number of aryl methyl sites for hydroxylation is 1. The van der Waals surface area contributed by atoms with Crippen molar-refractivity contribution in [2.24, 2.45) is 0 Å². The number of anilines is 1. The van der Waals surface area contributed by atoms with Crippen molar-refractivity contribution in [2.45, 2.75) is 38.3 Å². The van der Waals surface area contributed by atoms with E-state index in [0.717, 1.165) is 29.8 Å². The van der Waals surface area contributed by atoms with Gasteiger partial charge in [0.25, 0.3) is 0 Å². The molecule has 3 heterocycles. The molecule has 1 aliphatic carbocycles. The predicted molar refractivity (Wildman–Crippen MR) is 147 cm³/mol. The van der Waals surface area contributed by atoms with Gasteiger partial charge in [0.1, 0.15) is 10.8 Å². The van der Waals surface area contributed by atoms with Crippen LogP contribution in [0, 0.1) is 0 Å². The number of hydrogen-bond acceptors (Lipinski definition) is 5. The van der Waals surface area contributed by atoms with Crippen LogP contribution in [0.1, 0.15) is 56.5 Å². The second-order valence-corrected chi connectivity index (χ2v) is 10.7. The zero-order valence-electron chi connectivity index (χ0n) is 21.4. The Morgan fingerprint density at radius 1 is 0.974 bits per heavy atom. The number of rotatable bonds is 4. The van der Waals surface area contributed by atoms with Crippen LogP contribution in [0.4, 0.5) is 10.5 Å². The predicted octanol–water partition coefficient (Wildman–Crippen LogP) is 6.35. The zero-order chi connectivity index (χ0) is 26.2. The summed E-state index contributed by atoms with van der Waals surface area (Å²) in [5.41, 5.74) is 5.59. The first-order chi connectivity index (χ1) is 18.6. The Kier molecular flexibility index (Phi) is 6.41. The maximum absolute atomic E-state index is 14.1. The fourth-order valence-corrected chi connectivity index (χ4v) is 6.96. The average molecular weight is 528 g/mol. The highest BCUT2D eigenvalue weighted by Crippen LogP contribution is 2.44. The summed E-state index contributed by atoms with van der Waals surface area (Å²) in [5.74, 6) is 0.320. The number of methoxy groups -OCH3 is 2. The van der Waals surface area contributed by atoms with Gasteiger partial charge in [-0.15, -0.1) is 11.3 Å². The Hall–Kier alpha value is -4.04.